The summed E-state index contributed by atoms with van der Waals surface area (Å²) in [7, 11) is 0. The van der Waals surface area contributed by atoms with Crippen molar-refractivity contribution in [2.24, 2.45) is 0 Å². The minimum absolute atomic E-state index is 0.0954. The van der Waals surface area contributed by atoms with Crippen LogP contribution in [0.25, 0.3) is 10.6 Å². The summed E-state index contributed by atoms with van der Waals surface area (Å²) in [6.45, 7) is 3.73. The molecular formula is C19H22FN3O2S. The van der Waals surface area contributed by atoms with Crippen molar-refractivity contribution in [1.29, 1.82) is 0 Å². The first-order valence-corrected chi connectivity index (χ1v) is 9.65. The number of thiazole rings is 1. The van der Waals surface area contributed by atoms with E-state index in [1.807, 2.05) is 4.90 Å². The van der Waals surface area contributed by atoms with E-state index in [-0.39, 0.29) is 17.6 Å². The van der Waals surface area contributed by atoms with E-state index in [1.54, 1.807) is 19.1 Å². The van der Waals surface area contributed by atoms with E-state index in [0.717, 1.165) is 31.5 Å². The monoisotopic (exact) mass is 375 g/mol. The summed E-state index contributed by atoms with van der Waals surface area (Å²) in [5.74, 6) is -0.434. The third kappa shape index (κ3) is 4.46. The van der Waals surface area contributed by atoms with Crippen molar-refractivity contribution in [2.45, 2.75) is 32.6 Å². The van der Waals surface area contributed by atoms with Crippen LogP contribution in [0.2, 0.25) is 0 Å². The number of nitrogens with one attached hydrogen (secondary N) is 1. The van der Waals surface area contributed by atoms with E-state index < -0.39 is 0 Å². The number of aryl methyl sites for hydroxylation is 1. The highest BCUT2D eigenvalue weighted by molar-refractivity contribution is 7.17. The van der Waals surface area contributed by atoms with Gasteiger partial charge in [-0.25, -0.2) is 9.37 Å². The third-order valence-corrected chi connectivity index (χ3v) is 5.63. The smallest absolute Gasteiger partial charge is 0.263 e. The molecule has 0 aliphatic carbocycles. The first-order valence-electron chi connectivity index (χ1n) is 8.84. The van der Waals surface area contributed by atoms with Gasteiger partial charge in [-0.2, -0.15) is 0 Å². The number of aromatic nitrogens is 1. The maximum absolute atomic E-state index is 13.0. The highest BCUT2D eigenvalue weighted by Gasteiger charge is 2.18. The van der Waals surface area contributed by atoms with Crippen LogP contribution in [0.3, 0.4) is 0 Å². The van der Waals surface area contributed by atoms with Crippen LogP contribution in [0.15, 0.2) is 24.3 Å². The molecule has 2 aromatic rings. The van der Waals surface area contributed by atoms with E-state index in [0.29, 0.717) is 28.5 Å². The minimum Gasteiger partial charge on any atom is -0.351 e. The minimum atomic E-state index is -0.307. The Balaban J connectivity index is 1.56. The number of carbonyl (C=O) groups excluding carboxylic acids is 2. The average molecular weight is 375 g/mol. The predicted octanol–water partition coefficient (Wildman–Crippen LogP) is 3.39. The average Bonchev–Trinajstić information content (AvgIpc) is 3.04. The third-order valence-electron chi connectivity index (χ3n) is 4.43. The molecule has 7 heteroatoms. The molecule has 2 amide bonds. The Kier molecular flexibility index (Phi) is 5.98. The van der Waals surface area contributed by atoms with Gasteiger partial charge in [0.1, 0.15) is 15.7 Å². The molecule has 1 fully saturated rings. The highest BCUT2D eigenvalue weighted by atomic mass is 32.1. The van der Waals surface area contributed by atoms with Gasteiger partial charge in [0.05, 0.1) is 5.69 Å². The van der Waals surface area contributed by atoms with Gasteiger partial charge in [-0.05, 0) is 50.5 Å². The summed E-state index contributed by atoms with van der Waals surface area (Å²) in [5.41, 5.74) is 1.41. The van der Waals surface area contributed by atoms with Gasteiger partial charge in [-0.15, -0.1) is 11.3 Å². The van der Waals surface area contributed by atoms with Crippen molar-refractivity contribution in [3.05, 3.63) is 40.7 Å². The van der Waals surface area contributed by atoms with Gasteiger partial charge in [-0.1, -0.05) is 0 Å². The Hall–Kier alpha value is -2.28. The first-order chi connectivity index (χ1) is 12.5. The molecule has 1 aromatic carbocycles. The lowest BCUT2D eigenvalue weighted by molar-refractivity contribution is -0.131. The molecule has 0 atom stereocenters. The Morgan fingerprint density at radius 1 is 1.19 bits per heavy atom. The molecule has 1 saturated heterocycles. The summed E-state index contributed by atoms with van der Waals surface area (Å²) in [6.07, 6.45) is 3.62. The molecule has 26 heavy (non-hydrogen) atoms. The molecule has 138 valence electrons. The van der Waals surface area contributed by atoms with Crippen LogP contribution in [-0.2, 0) is 4.79 Å². The van der Waals surface area contributed by atoms with Crippen LogP contribution in [0, 0.1) is 12.7 Å². The first kappa shape index (κ1) is 18.5. The molecular weight excluding hydrogens is 353 g/mol. The van der Waals surface area contributed by atoms with Gasteiger partial charge in [-0.3, -0.25) is 9.59 Å². The lowest BCUT2D eigenvalue weighted by Crippen LogP contribution is -2.37. The number of nitrogens with zero attached hydrogens (tertiary/aromatic N) is 2. The van der Waals surface area contributed by atoms with Gasteiger partial charge in [0, 0.05) is 31.6 Å². The maximum atomic E-state index is 13.0. The van der Waals surface area contributed by atoms with Crippen LogP contribution in [0.1, 0.15) is 41.0 Å². The Bertz CT molecular complexity index is 783. The van der Waals surface area contributed by atoms with Gasteiger partial charge < -0.3 is 10.2 Å². The summed E-state index contributed by atoms with van der Waals surface area (Å²) >= 11 is 1.27. The number of rotatable bonds is 5. The predicted molar refractivity (Wildman–Crippen MR) is 99.6 cm³/mol. The number of amides is 2. The fraction of sp³-hybridized carbons (Fsp3) is 0.421. The second-order valence-electron chi connectivity index (χ2n) is 6.39. The summed E-state index contributed by atoms with van der Waals surface area (Å²) < 4.78 is 13.0. The number of hydrogen-bond acceptors (Lipinski definition) is 4. The van der Waals surface area contributed by atoms with Crippen molar-refractivity contribution < 1.29 is 14.0 Å². The number of halogens is 1. The van der Waals surface area contributed by atoms with Crippen LogP contribution in [0.4, 0.5) is 4.39 Å². The Morgan fingerprint density at radius 3 is 2.58 bits per heavy atom. The lowest BCUT2D eigenvalue weighted by atomic mass is 10.1. The van der Waals surface area contributed by atoms with Crippen LogP contribution in [-0.4, -0.2) is 41.3 Å². The molecule has 1 N–H and O–H groups in total. The zero-order valence-corrected chi connectivity index (χ0v) is 15.6. The zero-order chi connectivity index (χ0) is 18.5. The maximum Gasteiger partial charge on any atom is 0.263 e. The number of piperidine rings is 1. The largest absolute Gasteiger partial charge is 0.351 e. The molecule has 0 unspecified atom stereocenters. The fourth-order valence-electron chi connectivity index (χ4n) is 2.99. The second kappa shape index (κ2) is 8.40. The summed E-state index contributed by atoms with van der Waals surface area (Å²) in [4.78, 5) is 31.3. The molecule has 0 spiro atoms. The van der Waals surface area contributed by atoms with E-state index >= 15 is 0 Å². The van der Waals surface area contributed by atoms with E-state index in [9.17, 15) is 14.0 Å². The van der Waals surface area contributed by atoms with Crippen molar-refractivity contribution >= 4 is 23.2 Å². The molecule has 1 aliphatic rings. The Labute approximate surface area is 156 Å². The molecule has 1 aromatic heterocycles. The zero-order valence-electron chi connectivity index (χ0n) is 14.8. The standard InChI is InChI=1S/C19H22FN3O2S/c1-13-17(26-19(22-13)14-5-7-15(20)8-6-14)18(25)21-10-9-16(24)23-11-3-2-4-12-23/h5-8H,2-4,9-12H2,1H3,(H,21,25). The normalized spacial score (nSPS) is 14.3. The fourth-order valence-corrected chi connectivity index (χ4v) is 3.98. The van der Waals surface area contributed by atoms with Crippen molar-refractivity contribution in [3.8, 4) is 10.6 Å². The van der Waals surface area contributed by atoms with Gasteiger partial charge in [0.2, 0.25) is 5.91 Å². The number of hydrogen-bond donors (Lipinski definition) is 1. The summed E-state index contributed by atoms with van der Waals surface area (Å²) in [5, 5.41) is 3.49. The molecule has 2 heterocycles. The molecule has 0 bridgehead atoms. The highest BCUT2D eigenvalue weighted by Crippen LogP contribution is 2.28. The molecule has 1 aliphatic heterocycles. The lowest BCUT2D eigenvalue weighted by Gasteiger charge is -2.26. The van der Waals surface area contributed by atoms with E-state index in [2.05, 4.69) is 10.3 Å². The molecule has 0 saturated carbocycles. The van der Waals surface area contributed by atoms with Gasteiger partial charge >= 0.3 is 0 Å². The SMILES string of the molecule is Cc1nc(-c2ccc(F)cc2)sc1C(=O)NCCC(=O)N1CCCCC1. The topological polar surface area (TPSA) is 62.3 Å². The van der Waals surface area contributed by atoms with Gasteiger partial charge in [0.15, 0.2) is 0 Å². The van der Waals surface area contributed by atoms with Gasteiger partial charge in [0.25, 0.3) is 5.91 Å². The number of likely N-dealkylation sites (tertiary alicyclic amines) is 1. The van der Waals surface area contributed by atoms with Crippen molar-refractivity contribution in [1.82, 2.24) is 15.2 Å². The molecule has 5 nitrogen and oxygen atoms in total. The second-order valence-corrected chi connectivity index (χ2v) is 7.39. The molecule has 0 radical (unpaired) electrons. The summed E-state index contributed by atoms with van der Waals surface area (Å²) in [6, 6.07) is 6.04. The number of carbonyl (C=O) groups is 2. The quantitative estimate of drug-likeness (QED) is 0.871. The van der Waals surface area contributed by atoms with Crippen LogP contribution >= 0.6 is 11.3 Å². The Morgan fingerprint density at radius 2 is 1.88 bits per heavy atom. The number of benzene rings is 1. The van der Waals surface area contributed by atoms with Crippen LogP contribution in [0.5, 0.6) is 0 Å². The molecule has 3 rings (SSSR count). The van der Waals surface area contributed by atoms with Crippen LogP contribution < -0.4 is 5.32 Å². The van der Waals surface area contributed by atoms with Crippen molar-refractivity contribution in [2.75, 3.05) is 19.6 Å². The van der Waals surface area contributed by atoms with E-state index in [4.69, 9.17) is 0 Å². The van der Waals surface area contributed by atoms with E-state index in [1.165, 1.54) is 29.9 Å². The van der Waals surface area contributed by atoms with Crippen molar-refractivity contribution in [3.63, 3.8) is 0 Å².